The van der Waals surface area contributed by atoms with E-state index in [-0.39, 0.29) is 11.3 Å². The predicted octanol–water partition coefficient (Wildman–Crippen LogP) is 5.84. The Labute approximate surface area is 248 Å². The molecule has 0 spiro atoms. The molecule has 3 aromatic carbocycles. The van der Waals surface area contributed by atoms with Crippen molar-refractivity contribution in [3.05, 3.63) is 106 Å². The van der Waals surface area contributed by atoms with Crippen molar-refractivity contribution in [2.24, 2.45) is 0 Å². The molecule has 0 aliphatic carbocycles. The van der Waals surface area contributed by atoms with Crippen LogP contribution < -0.4 is 4.74 Å². The second-order valence-corrected chi connectivity index (χ2v) is 11.4. The topological polar surface area (TPSA) is 79.3 Å². The van der Waals surface area contributed by atoms with Crippen molar-refractivity contribution in [2.75, 3.05) is 39.4 Å². The van der Waals surface area contributed by atoms with E-state index in [1.807, 2.05) is 55.5 Å². The number of Topliss-reactive ketones (excluding diaryl/α,β-unsaturated/α-hetero) is 1. The molecule has 1 amide bonds. The van der Waals surface area contributed by atoms with Crippen molar-refractivity contribution in [1.29, 1.82) is 0 Å². The molecule has 0 radical (unpaired) electrons. The highest BCUT2D eigenvalue weighted by Crippen LogP contribution is 2.40. The molecule has 0 aromatic heterocycles. The number of hydrogen-bond acceptors (Lipinski definition) is 6. The molecule has 220 valence electrons. The molecular formula is C35H40N2O5. The van der Waals surface area contributed by atoms with E-state index in [0.29, 0.717) is 43.6 Å². The molecule has 3 aromatic rings. The number of aryl methyl sites for hydroxylation is 1. The van der Waals surface area contributed by atoms with E-state index < -0.39 is 17.7 Å². The minimum atomic E-state index is -0.659. The van der Waals surface area contributed by atoms with Crippen LogP contribution in [0.3, 0.4) is 0 Å². The zero-order valence-corrected chi connectivity index (χ0v) is 24.7. The van der Waals surface area contributed by atoms with Crippen molar-refractivity contribution >= 4 is 17.4 Å². The standard InChI is InChI=1S/C35H40N2O5/c1-24(2)26-9-11-27(12-10-26)32-31(34(39)35(40)37(32)18-6-17-36-19-21-41-22-20-36)33(38)28-13-15-30(16-14-28)42-23-29-8-5-4-7-25(29)3/h4-5,7-16,24,32,38H,6,17-23H2,1-3H3/b33-31+. The van der Waals surface area contributed by atoms with Crippen LogP contribution in [0.5, 0.6) is 5.75 Å². The number of likely N-dealkylation sites (tertiary alicyclic amines) is 1. The van der Waals surface area contributed by atoms with Crippen molar-refractivity contribution < 1.29 is 24.2 Å². The summed E-state index contributed by atoms with van der Waals surface area (Å²) in [6.45, 7) is 11.1. The highest BCUT2D eigenvalue weighted by molar-refractivity contribution is 6.46. The first-order valence-corrected chi connectivity index (χ1v) is 14.8. The van der Waals surface area contributed by atoms with E-state index in [1.54, 1.807) is 29.2 Å². The van der Waals surface area contributed by atoms with Crippen LogP contribution in [0.15, 0.2) is 78.4 Å². The Kier molecular flexibility index (Phi) is 9.40. The molecule has 42 heavy (non-hydrogen) atoms. The summed E-state index contributed by atoms with van der Waals surface area (Å²) in [5.74, 6) is -0.400. The average Bonchev–Trinajstić information content (AvgIpc) is 3.26. The molecule has 0 saturated carbocycles. The van der Waals surface area contributed by atoms with Crippen LogP contribution in [0.1, 0.15) is 60.0 Å². The van der Waals surface area contributed by atoms with E-state index in [0.717, 1.165) is 42.7 Å². The number of carbonyl (C=O) groups is 2. The van der Waals surface area contributed by atoms with E-state index in [1.165, 1.54) is 5.56 Å². The molecule has 0 bridgehead atoms. The predicted molar refractivity (Wildman–Crippen MR) is 163 cm³/mol. The maximum absolute atomic E-state index is 13.5. The summed E-state index contributed by atoms with van der Waals surface area (Å²) in [5.41, 5.74) is 4.82. The van der Waals surface area contributed by atoms with Gasteiger partial charge in [-0.05, 0) is 65.8 Å². The van der Waals surface area contributed by atoms with Crippen molar-refractivity contribution in [2.45, 2.75) is 45.8 Å². The van der Waals surface area contributed by atoms with Crippen molar-refractivity contribution in [3.63, 3.8) is 0 Å². The van der Waals surface area contributed by atoms with E-state index in [9.17, 15) is 14.7 Å². The monoisotopic (exact) mass is 568 g/mol. The lowest BCUT2D eigenvalue weighted by molar-refractivity contribution is -0.140. The van der Waals surface area contributed by atoms with Gasteiger partial charge >= 0.3 is 0 Å². The second-order valence-electron chi connectivity index (χ2n) is 11.4. The summed E-state index contributed by atoms with van der Waals surface area (Å²) in [4.78, 5) is 30.8. The number of ether oxygens (including phenoxy) is 2. The molecule has 2 aliphatic heterocycles. The maximum Gasteiger partial charge on any atom is 0.295 e. The fourth-order valence-electron chi connectivity index (χ4n) is 5.61. The summed E-state index contributed by atoms with van der Waals surface area (Å²) in [5, 5.41) is 11.5. The molecule has 2 heterocycles. The fourth-order valence-corrected chi connectivity index (χ4v) is 5.61. The first-order chi connectivity index (χ1) is 20.3. The Morgan fingerprint density at radius 2 is 1.64 bits per heavy atom. The van der Waals surface area contributed by atoms with Gasteiger partial charge in [0.1, 0.15) is 18.1 Å². The van der Waals surface area contributed by atoms with Gasteiger partial charge in [-0.25, -0.2) is 0 Å². The molecule has 1 N–H and O–H groups in total. The van der Waals surface area contributed by atoms with Crippen molar-refractivity contribution in [1.82, 2.24) is 9.80 Å². The summed E-state index contributed by atoms with van der Waals surface area (Å²) < 4.78 is 11.4. The number of aliphatic hydroxyl groups is 1. The van der Waals surface area contributed by atoms with Crippen LogP contribution in [0, 0.1) is 6.92 Å². The van der Waals surface area contributed by atoms with Gasteiger partial charge in [0.05, 0.1) is 24.8 Å². The third-order valence-electron chi connectivity index (χ3n) is 8.22. The summed E-state index contributed by atoms with van der Waals surface area (Å²) in [6.07, 6.45) is 0.723. The van der Waals surface area contributed by atoms with Gasteiger partial charge in [-0.2, -0.15) is 0 Å². The minimum Gasteiger partial charge on any atom is -0.507 e. The number of morpholine rings is 1. The van der Waals surface area contributed by atoms with Gasteiger partial charge < -0.3 is 19.5 Å². The summed E-state index contributed by atoms with van der Waals surface area (Å²) in [7, 11) is 0. The van der Waals surface area contributed by atoms with Gasteiger partial charge in [0, 0.05) is 31.7 Å². The smallest absolute Gasteiger partial charge is 0.295 e. The van der Waals surface area contributed by atoms with Crippen LogP contribution in [0.25, 0.3) is 5.76 Å². The molecule has 1 atom stereocenters. The Morgan fingerprint density at radius 3 is 2.31 bits per heavy atom. The highest BCUT2D eigenvalue weighted by Gasteiger charge is 2.45. The van der Waals surface area contributed by atoms with E-state index in [2.05, 4.69) is 18.7 Å². The van der Waals surface area contributed by atoms with Gasteiger partial charge in [0.15, 0.2) is 0 Å². The normalized spacial score (nSPS) is 19.0. The SMILES string of the molecule is Cc1ccccc1COc1ccc(/C(O)=C2\C(=O)C(=O)N(CCCN3CCOCC3)C2c2ccc(C(C)C)cc2)cc1. The van der Waals surface area contributed by atoms with E-state index >= 15 is 0 Å². The zero-order chi connectivity index (χ0) is 29.6. The number of nitrogens with zero attached hydrogens (tertiary/aromatic N) is 2. The van der Waals surface area contributed by atoms with Gasteiger partial charge in [-0.15, -0.1) is 0 Å². The number of benzene rings is 3. The summed E-state index contributed by atoms with van der Waals surface area (Å²) in [6, 6.07) is 22.4. The van der Waals surface area contributed by atoms with Crippen LogP contribution >= 0.6 is 0 Å². The quantitative estimate of drug-likeness (QED) is 0.188. The molecule has 7 nitrogen and oxygen atoms in total. The molecule has 2 fully saturated rings. The number of ketones is 1. The van der Waals surface area contributed by atoms with E-state index in [4.69, 9.17) is 9.47 Å². The lowest BCUT2D eigenvalue weighted by Gasteiger charge is -2.29. The Hall–Kier alpha value is -3.94. The first-order valence-electron chi connectivity index (χ1n) is 14.8. The lowest BCUT2D eigenvalue weighted by Crippen LogP contribution is -2.38. The third kappa shape index (κ3) is 6.58. The van der Waals surface area contributed by atoms with Gasteiger partial charge in [0.2, 0.25) is 0 Å². The lowest BCUT2D eigenvalue weighted by atomic mass is 9.93. The first kappa shape index (κ1) is 29.5. The average molecular weight is 569 g/mol. The molecular weight excluding hydrogens is 528 g/mol. The summed E-state index contributed by atoms with van der Waals surface area (Å²) >= 11 is 0. The maximum atomic E-state index is 13.5. The highest BCUT2D eigenvalue weighted by atomic mass is 16.5. The molecule has 2 aliphatic rings. The van der Waals surface area contributed by atoms with Gasteiger partial charge in [-0.1, -0.05) is 62.4 Å². The van der Waals surface area contributed by atoms with Gasteiger partial charge in [0.25, 0.3) is 11.7 Å². The number of hydrogen-bond donors (Lipinski definition) is 1. The molecule has 1 unspecified atom stereocenters. The van der Waals surface area contributed by atoms with Crippen LogP contribution in [-0.2, 0) is 20.9 Å². The molecule has 2 saturated heterocycles. The zero-order valence-electron chi connectivity index (χ0n) is 24.7. The number of carbonyl (C=O) groups excluding carboxylic acids is 2. The minimum absolute atomic E-state index is 0.122. The van der Waals surface area contributed by atoms with Gasteiger partial charge in [-0.3, -0.25) is 14.5 Å². The Balaban J connectivity index is 1.40. The van der Waals surface area contributed by atoms with Crippen molar-refractivity contribution in [3.8, 4) is 5.75 Å². The Morgan fingerprint density at radius 1 is 0.952 bits per heavy atom. The number of rotatable bonds is 10. The second kappa shape index (κ2) is 13.4. The largest absolute Gasteiger partial charge is 0.507 e. The number of amides is 1. The van der Waals surface area contributed by atoms with Crippen LogP contribution in [0.4, 0.5) is 0 Å². The Bertz CT molecular complexity index is 1420. The number of aliphatic hydroxyl groups excluding tert-OH is 1. The molecule has 5 rings (SSSR count). The fraction of sp³-hybridized carbons (Fsp3) is 0.371. The third-order valence-corrected chi connectivity index (χ3v) is 8.22. The van der Waals surface area contributed by atoms with Crippen LogP contribution in [-0.4, -0.2) is 66.0 Å². The molecule has 7 heteroatoms. The van der Waals surface area contributed by atoms with Crippen LogP contribution in [0.2, 0.25) is 0 Å².